The van der Waals surface area contributed by atoms with Crippen molar-refractivity contribution < 1.29 is 14.3 Å². The number of piperidine rings is 1. The Morgan fingerprint density at radius 2 is 1.68 bits per heavy atom. The van der Waals surface area contributed by atoms with Crippen molar-refractivity contribution in [2.24, 2.45) is 0 Å². The summed E-state index contributed by atoms with van der Waals surface area (Å²) in [5.74, 6) is 2.45. The van der Waals surface area contributed by atoms with Gasteiger partial charge in [0.15, 0.2) is 5.78 Å². The maximum absolute atomic E-state index is 13.4. The van der Waals surface area contributed by atoms with Gasteiger partial charge in [-0.15, -0.1) is 23.5 Å². The summed E-state index contributed by atoms with van der Waals surface area (Å²) in [5.41, 5.74) is 2.39. The van der Waals surface area contributed by atoms with Crippen LogP contribution in [0.4, 0.5) is 0 Å². The molecule has 0 N–H and O–H groups in total. The first-order valence-corrected chi connectivity index (χ1v) is 11.2. The average molecular weight is 412 g/mol. The molecule has 4 rings (SSSR count). The van der Waals surface area contributed by atoms with Gasteiger partial charge in [-0.3, -0.25) is 9.59 Å². The number of ether oxygens (including phenoxy) is 1. The zero-order chi connectivity index (χ0) is 19.5. The Labute approximate surface area is 173 Å². The lowest BCUT2D eigenvalue weighted by molar-refractivity contribution is -0.137. The molecule has 6 heteroatoms. The van der Waals surface area contributed by atoms with Crippen molar-refractivity contribution in [3.63, 3.8) is 0 Å². The Balaban J connectivity index is 1.72. The number of thioether (sulfide) groups is 2. The molecule has 1 unspecified atom stereocenters. The fourth-order valence-corrected chi connectivity index (χ4v) is 6.10. The highest BCUT2D eigenvalue weighted by Gasteiger charge is 2.40. The van der Waals surface area contributed by atoms with Crippen LogP contribution in [0.5, 0.6) is 5.75 Å². The van der Waals surface area contributed by atoms with Crippen LogP contribution in [-0.4, -0.2) is 35.2 Å². The fraction of sp³-hybridized carbons (Fsp3) is 0.273. The van der Waals surface area contributed by atoms with E-state index in [9.17, 15) is 9.59 Å². The molecule has 2 saturated heterocycles. The predicted molar refractivity (Wildman–Crippen MR) is 114 cm³/mol. The molecular formula is C22H21NO3S2. The number of amides is 1. The topological polar surface area (TPSA) is 46.6 Å². The molecule has 4 nitrogen and oxygen atoms in total. The van der Waals surface area contributed by atoms with Gasteiger partial charge in [0.2, 0.25) is 0 Å². The first-order chi connectivity index (χ1) is 13.7. The standard InChI is InChI=1S/C22H21NO3S2/c1-26-17-9-7-16(8-10-17)18-13-19(24)20(22-27-11-12-28-22)21(25)23(18)14-15-5-3-2-4-6-15/h2-10,18H,11-14H2,1H3. The second kappa shape index (κ2) is 8.45. The summed E-state index contributed by atoms with van der Waals surface area (Å²) in [6.07, 6.45) is 0.310. The van der Waals surface area contributed by atoms with Crippen LogP contribution >= 0.6 is 23.5 Å². The van der Waals surface area contributed by atoms with Crippen molar-refractivity contribution >= 4 is 35.2 Å². The van der Waals surface area contributed by atoms with Crippen molar-refractivity contribution in [2.75, 3.05) is 18.6 Å². The Bertz CT molecular complexity index is 901. The van der Waals surface area contributed by atoms with E-state index in [1.165, 1.54) is 0 Å². The van der Waals surface area contributed by atoms with Gasteiger partial charge in [0, 0.05) is 24.5 Å². The van der Waals surface area contributed by atoms with Gasteiger partial charge in [0.25, 0.3) is 5.91 Å². The smallest absolute Gasteiger partial charge is 0.259 e. The maximum Gasteiger partial charge on any atom is 0.259 e. The molecular weight excluding hydrogens is 390 g/mol. The number of likely N-dealkylation sites (tertiary alicyclic amines) is 1. The van der Waals surface area contributed by atoms with Crippen LogP contribution in [0, 0.1) is 0 Å². The van der Waals surface area contributed by atoms with Gasteiger partial charge in [-0.2, -0.15) is 0 Å². The zero-order valence-corrected chi connectivity index (χ0v) is 17.2. The van der Waals surface area contributed by atoms with Crippen molar-refractivity contribution in [3.05, 3.63) is 75.5 Å². The van der Waals surface area contributed by atoms with E-state index in [2.05, 4.69) is 0 Å². The molecule has 28 heavy (non-hydrogen) atoms. The summed E-state index contributed by atoms with van der Waals surface area (Å²) < 4.78 is 6.14. The van der Waals surface area contributed by atoms with Crippen molar-refractivity contribution in [2.45, 2.75) is 19.0 Å². The first-order valence-electron chi connectivity index (χ1n) is 9.19. The van der Waals surface area contributed by atoms with Crippen LogP contribution in [-0.2, 0) is 16.1 Å². The minimum Gasteiger partial charge on any atom is -0.497 e. The molecule has 0 bridgehead atoms. The van der Waals surface area contributed by atoms with Crippen LogP contribution in [0.3, 0.4) is 0 Å². The fourth-order valence-electron chi connectivity index (χ4n) is 3.53. The van der Waals surface area contributed by atoms with Crippen LogP contribution < -0.4 is 4.74 Å². The lowest BCUT2D eigenvalue weighted by atomic mass is 9.91. The number of carbonyl (C=O) groups is 2. The molecule has 2 aliphatic rings. The van der Waals surface area contributed by atoms with E-state index >= 15 is 0 Å². The maximum atomic E-state index is 13.4. The van der Waals surface area contributed by atoms with Crippen LogP contribution in [0.1, 0.15) is 23.6 Å². The van der Waals surface area contributed by atoms with E-state index < -0.39 is 0 Å². The summed E-state index contributed by atoms with van der Waals surface area (Å²) >= 11 is 3.25. The van der Waals surface area contributed by atoms with E-state index in [-0.39, 0.29) is 17.7 Å². The Kier molecular flexibility index (Phi) is 5.78. The molecule has 1 amide bonds. The lowest BCUT2D eigenvalue weighted by Crippen LogP contribution is -2.43. The highest BCUT2D eigenvalue weighted by atomic mass is 32.2. The highest BCUT2D eigenvalue weighted by molar-refractivity contribution is 8.25. The van der Waals surface area contributed by atoms with Crippen LogP contribution in [0.15, 0.2) is 64.4 Å². The summed E-state index contributed by atoms with van der Waals surface area (Å²) in [6.45, 7) is 0.482. The van der Waals surface area contributed by atoms with Crippen LogP contribution in [0.2, 0.25) is 0 Å². The minimum atomic E-state index is -0.271. The van der Waals surface area contributed by atoms with Crippen LogP contribution in [0.25, 0.3) is 0 Å². The molecule has 2 aromatic rings. The van der Waals surface area contributed by atoms with Gasteiger partial charge in [0.05, 0.1) is 17.4 Å². The quantitative estimate of drug-likeness (QED) is 0.550. The Morgan fingerprint density at radius 3 is 2.32 bits per heavy atom. The number of benzene rings is 2. The molecule has 0 spiro atoms. The SMILES string of the molecule is COc1ccc(C2CC(=O)C(=C3SCCS3)C(=O)N2Cc2ccccc2)cc1. The third-order valence-electron chi connectivity index (χ3n) is 4.96. The summed E-state index contributed by atoms with van der Waals surface area (Å²) in [6, 6.07) is 17.3. The average Bonchev–Trinajstić information content (AvgIpc) is 3.25. The number of nitrogens with zero attached hydrogens (tertiary/aromatic N) is 1. The van der Waals surface area contributed by atoms with Crippen molar-refractivity contribution in [3.8, 4) is 5.75 Å². The van der Waals surface area contributed by atoms with Gasteiger partial charge in [0.1, 0.15) is 11.3 Å². The number of carbonyl (C=O) groups excluding carboxylic acids is 2. The predicted octanol–water partition coefficient (Wildman–Crippen LogP) is 4.43. The van der Waals surface area contributed by atoms with Gasteiger partial charge < -0.3 is 9.64 Å². The normalized spacial score (nSPS) is 20.0. The monoisotopic (exact) mass is 411 g/mol. The molecule has 0 saturated carbocycles. The molecule has 2 heterocycles. The van der Waals surface area contributed by atoms with Gasteiger partial charge in [-0.25, -0.2) is 0 Å². The number of ketones is 1. The molecule has 0 radical (unpaired) electrons. The van der Waals surface area contributed by atoms with Crippen molar-refractivity contribution in [1.82, 2.24) is 4.90 Å². The summed E-state index contributed by atoms with van der Waals surface area (Å²) in [4.78, 5) is 28.2. The second-order valence-electron chi connectivity index (χ2n) is 6.69. The molecule has 0 aromatic heterocycles. The summed E-state index contributed by atoms with van der Waals surface area (Å²) in [7, 11) is 1.62. The first kappa shape index (κ1) is 19.2. The molecule has 2 fully saturated rings. The zero-order valence-electron chi connectivity index (χ0n) is 15.6. The Morgan fingerprint density at radius 1 is 1.00 bits per heavy atom. The van der Waals surface area contributed by atoms with E-state index in [0.717, 1.165) is 32.6 Å². The largest absolute Gasteiger partial charge is 0.497 e. The van der Waals surface area contributed by atoms with Gasteiger partial charge in [-0.05, 0) is 23.3 Å². The van der Waals surface area contributed by atoms with Gasteiger partial charge in [-0.1, -0.05) is 42.5 Å². The molecule has 1 atom stereocenters. The molecule has 0 aliphatic carbocycles. The number of hydrogen-bond donors (Lipinski definition) is 0. The third kappa shape index (κ3) is 3.84. The third-order valence-corrected chi connectivity index (χ3v) is 7.67. The second-order valence-corrected chi connectivity index (χ2v) is 9.16. The van der Waals surface area contributed by atoms with Crippen molar-refractivity contribution in [1.29, 1.82) is 0 Å². The molecule has 2 aliphatic heterocycles. The highest BCUT2D eigenvalue weighted by Crippen LogP contribution is 2.43. The van der Waals surface area contributed by atoms with E-state index in [4.69, 9.17) is 4.74 Å². The lowest BCUT2D eigenvalue weighted by Gasteiger charge is -2.37. The number of Topliss-reactive ketones (excluding diaryl/α,β-unsaturated/α-hetero) is 1. The molecule has 2 aromatic carbocycles. The van der Waals surface area contributed by atoms with Gasteiger partial charge >= 0.3 is 0 Å². The molecule has 144 valence electrons. The number of methoxy groups -OCH3 is 1. The minimum absolute atomic E-state index is 0.0490. The number of hydrogen-bond acceptors (Lipinski definition) is 5. The summed E-state index contributed by atoms with van der Waals surface area (Å²) in [5, 5.41) is 0. The number of rotatable bonds is 4. The Hall–Kier alpha value is -2.18. The van der Waals surface area contributed by atoms with E-state index in [1.54, 1.807) is 30.6 Å². The van der Waals surface area contributed by atoms with E-state index in [1.807, 2.05) is 59.5 Å². The van der Waals surface area contributed by atoms with E-state index in [0.29, 0.717) is 18.5 Å².